The average Bonchev–Trinajstić information content (AvgIpc) is 2.79. The van der Waals surface area contributed by atoms with Crippen molar-refractivity contribution < 1.29 is 29.0 Å². The molecule has 0 saturated heterocycles. The summed E-state index contributed by atoms with van der Waals surface area (Å²) in [5.74, 6) is -1.77. The number of carbonyl (C=O) groups is 3. The van der Waals surface area contributed by atoms with Gasteiger partial charge in [-0.1, -0.05) is 19.3 Å². The number of nitrogens with zero attached hydrogens (tertiary/aromatic N) is 2. The van der Waals surface area contributed by atoms with Crippen LogP contribution in [-0.4, -0.2) is 65.7 Å². The lowest BCUT2D eigenvalue weighted by Crippen LogP contribution is -2.59. The molecule has 1 atom stereocenters. The summed E-state index contributed by atoms with van der Waals surface area (Å²) in [6, 6.07) is 5.21. The van der Waals surface area contributed by atoms with Crippen LogP contribution < -0.4 is 9.64 Å². The van der Waals surface area contributed by atoms with Crippen molar-refractivity contribution in [2.24, 2.45) is 0 Å². The molecule has 182 valence electrons. The molecule has 0 spiro atoms. The molecular weight excluding hydrogens is 424 g/mol. The first-order valence-corrected chi connectivity index (χ1v) is 11.9. The Labute approximate surface area is 195 Å². The number of methoxy groups -OCH3 is 1. The third kappa shape index (κ3) is 5.16. The molecule has 1 heterocycles. The number of hydrogen-bond acceptors (Lipinski definition) is 5. The van der Waals surface area contributed by atoms with Gasteiger partial charge in [-0.2, -0.15) is 0 Å². The number of hydrogen-bond donors (Lipinski definition) is 1. The number of carbonyl (C=O) groups excluding carboxylic acids is 2. The molecule has 8 nitrogen and oxygen atoms in total. The van der Waals surface area contributed by atoms with E-state index >= 15 is 0 Å². The molecule has 8 heteroatoms. The number of aliphatic carboxylic acids is 1. The smallest absolute Gasteiger partial charge is 0.357 e. The number of benzene rings is 1. The Kier molecular flexibility index (Phi) is 8.00. The first-order chi connectivity index (χ1) is 15.7. The number of carboxylic acids is 1. The van der Waals surface area contributed by atoms with E-state index in [1.165, 1.54) is 18.2 Å². The molecule has 1 aliphatic heterocycles. The second-order valence-electron chi connectivity index (χ2n) is 9.38. The van der Waals surface area contributed by atoms with Crippen molar-refractivity contribution in [3.05, 3.63) is 23.8 Å². The number of fused-ring (bicyclic) bond motifs is 1. The fraction of sp³-hybridized carbons (Fsp3) is 0.640. The van der Waals surface area contributed by atoms with E-state index in [0.29, 0.717) is 30.8 Å². The molecule has 0 aromatic heterocycles. The summed E-state index contributed by atoms with van der Waals surface area (Å²) in [5.41, 5.74) is -1.09. The highest BCUT2D eigenvalue weighted by atomic mass is 16.5. The van der Waals surface area contributed by atoms with E-state index in [0.717, 1.165) is 32.1 Å². The fourth-order valence-electron chi connectivity index (χ4n) is 4.78. The zero-order valence-corrected chi connectivity index (χ0v) is 20.1. The number of rotatable bonds is 9. The zero-order valence-electron chi connectivity index (χ0n) is 20.1. The highest BCUT2D eigenvalue weighted by molar-refractivity contribution is 6.15. The first-order valence-electron chi connectivity index (χ1n) is 11.9. The van der Waals surface area contributed by atoms with Crippen molar-refractivity contribution in [2.75, 3.05) is 25.2 Å². The Hall–Kier alpha value is -2.61. The Morgan fingerprint density at radius 2 is 1.94 bits per heavy atom. The Morgan fingerprint density at radius 1 is 1.24 bits per heavy atom. The molecule has 2 aliphatic rings. The second-order valence-corrected chi connectivity index (χ2v) is 9.38. The van der Waals surface area contributed by atoms with Gasteiger partial charge in [-0.3, -0.25) is 9.59 Å². The van der Waals surface area contributed by atoms with E-state index in [1.54, 1.807) is 25.3 Å². The van der Waals surface area contributed by atoms with Gasteiger partial charge in [0.2, 0.25) is 0 Å². The minimum absolute atomic E-state index is 0.0509. The van der Waals surface area contributed by atoms with E-state index in [-0.39, 0.29) is 23.7 Å². The van der Waals surface area contributed by atoms with Crippen LogP contribution in [0.15, 0.2) is 18.2 Å². The molecule has 1 aromatic rings. The monoisotopic (exact) mass is 460 g/mol. The van der Waals surface area contributed by atoms with E-state index in [1.807, 2.05) is 18.7 Å². The number of unbranched alkanes of at least 4 members (excludes halogenated alkanes) is 1. The van der Waals surface area contributed by atoms with E-state index in [2.05, 4.69) is 0 Å². The van der Waals surface area contributed by atoms with Gasteiger partial charge in [0.05, 0.1) is 5.69 Å². The van der Waals surface area contributed by atoms with Crippen LogP contribution in [0.25, 0.3) is 0 Å². The maximum atomic E-state index is 13.6. The lowest BCUT2D eigenvalue weighted by Gasteiger charge is -2.39. The fourth-order valence-corrected chi connectivity index (χ4v) is 4.78. The third-order valence-corrected chi connectivity index (χ3v) is 6.61. The molecular formula is C25H36N2O6. The molecule has 33 heavy (non-hydrogen) atoms. The summed E-state index contributed by atoms with van der Waals surface area (Å²) < 4.78 is 10.8. The molecule has 1 aliphatic carbocycles. The summed E-state index contributed by atoms with van der Waals surface area (Å²) in [4.78, 5) is 42.0. The maximum absolute atomic E-state index is 13.6. The SMILES string of the molecule is COCCCCN1C(=O)C(C)(C(=O)O)Oc2ccc(C(=O)N(C(C)C)C3CCCCC3)cc21. The zero-order chi connectivity index (χ0) is 24.2. The summed E-state index contributed by atoms with van der Waals surface area (Å²) in [6.07, 6.45) is 6.80. The van der Waals surface area contributed by atoms with Gasteiger partial charge < -0.3 is 24.4 Å². The largest absolute Gasteiger partial charge is 0.478 e. The highest BCUT2D eigenvalue weighted by Crippen LogP contribution is 2.39. The quantitative estimate of drug-likeness (QED) is 0.444. The predicted octanol–water partition coefficient (Wildman–Crippen LogP) is 3.87. The number of anilines is 1. The van der Waals surface area contributed by atoms with Crippen LogP contribution in [0.1, 0.15) is 76.1 Å². The van der Waals surface area contributed by atoms with Gasteiger partial charge in [0.1, 0.15) is 5.75 Å². The minimum Gasteiger partial charge on any atom is -0.478 e. The van der Waals surface area contributed by atoms with Crippen molar-refractivity contribution in [3.63, 3.8) is 0 Å². The summed E-state index contributed by atoms with van der Waals surface area (Å²) in [5, 5.41) is 9.69. The van der Waals surface area contributed by atoms with Crippen molar-refractivity contribution in [1.29, 1.82) is 0 Å². The average molecular weight is 461 g/mol. The van der Waals surface area contributed by atoms with Crippen LogP contribution in [0.3, 0.4) is 0 Å². The molecule has 1 fully saturated rings. The van der Waals surface area contributed by atoms with Gasteiger partial charge in [0, 0.05) is 37.9 Å². The van der Waals surface area contributed by atoms with Gasteiger partial charge in [-0.05, 0) is 64.7 Å². The van der Waals surface area contributed by atoms with Crippen LogP contribution in [0.5, 0.6) is 5.75 Å². The Morgan fingerprint density at radius 3 is 2.55 bits per heavy atom. The Balaban J connectivity index is 1.95. The first kappa shape index (κ1) is 25.0. The third-order valence-electron chi connectivity index (χ3n) is 6.61. The van der Waals surface area contributed by atoms with Crippen molar-refractivity contribution >= 4 is 23.5 Å². The normalized spacial score (nSPS) is 21.0. The van der Waals surface area contributed by atoms with Crippen LogP contribution in [0.4, 0.5) is 5.69 Å². The predicted molar refractivity (Wildman–Crippen MR) is 125 cm³/mol. The van der Waals surface area contributed by atoms with Crippen molar-refractivity contribution in [3.8, 4) is 5.75 Å². The minimum atomic E-state index is -2.01. The van der Waals surface area contributed by atoms with Crippen LogP contribution in [-0.2, 0) is 14.3 Å². The van der Waals surface area contributed by atoms with Gasteiger partial charge in [0.15, 0.2) is 0 Å². The molecule has 2 amide bonds. The summed E-state index contributed by atoms with van der Waals surface area (Å²) >= 11 is 0. The molecule has 1 saturated carbocycles. The van der Waals surface area contributed by atoms with Crippen molar-refractivity contribution in [2.45, 2.75) is 83.4 Å². The maximum Gasteiger partial charge on any atom is 0.357 e. The summed E-state index contributed by atoms with van der Waals surface area (Å²) in [6.45, 7) is 6.18. The van der Waals surface area contributed by atoms with Crippen LogP contribution in [0.2, 0.25) is 0 Å². The standard InChI is InChI=1S/C25H36N2O6/c1-17(2)27(19-10-6-5-7-11-19)22(28)18-12-13-21-20(16-18)26(14-8-9-15-32-4)23(29)25(3,33-21)24(30)31/h12-13,16-17,19H,5-11,14-15H2,1-4H3,(H,30,31). The molecule has 0 radical (unpaired) electrons. The van der Waals surface area contributed by atoms with E-state index in [9.17, 15) is 19.5 Å². The molecule has 3 rings (SSSR count). The van der Waals surface area contributed by atoms with Crippen LogP contribution >= 0.6 is 0 Å². The lowest BCUT2D eigenvalue weighted by molar-refractivity contribution is -0.161. The Bertz CT molecular complexity index is 880. The summed E-state index contributed by atoms with van der Waals surface area (Å²) in [7, 11) is 1.61. The van der Waals surface area contributed by atoms with Gasteiger partial charge in [-0.25, -0.2) is 4.79 Å². The van der Waals surface area contributed by atoms with E-state index < -0.39 is 17.5 Å². The number of amides is 2. The van der Waals surface area contributed by atoms with E-state index in [4.69, 9.17) is 9.47 Å². The molecule has 0 bridgehead atoms. The van der Waals surface area contributed by atoms with Crippen molar-refractivity contribution in [1.82, 2.24) is 4.90 Å². The number of ether oxygens (including phenoxy) is 2. The van der Waals surface area contributed by atoms with Crippen LogP contribution in [0, 0.1) is 0 Å². The molecule has 1 unspecified atom stereocenters. The van der Waals surface area contributed by atoms with Gasteiger partial charge >= 0.3 is 5.97 Å². The topological polar surface area (TPSA) is 96.4 Å². The molecule has 1 aromatic carbocycles. The van der Waals surface area contributed by atoms with Gasteiger partial charge in [-0.15, -0.1) is 0 Å². The lowest BCUT2D eigenvalue weighted by atomic mass is 9.92. The highest BCUT2D eigenvalue weighted by Gasteiger charge is 2.51. The van der Waals surface area contributed by atoms with Gasteiger partial charge in [0.25, 0.3) is 17.4 Å². The number of carboxylic acid groups (broad SMARTS) is 1. The molecule has 1 N–H and O–H groups in total. The second kappa shape index (κ2) is 10.5.